The van der Waals surface area contributed by atoms with Crippen molar-refractivity contribution >= 4 is 34.2 Å². The molecule has 0 spiro atoms. The normalized spacial score (nSPS) is 12.7. The first-order valence-corrected chi connectivity index (χ1v) is 7.40. The Morgan fingerprint density at radius 1 is 1.41 bits per heavy atom. The number of nitrogens with one attached hydrogen (secondary N) is 1. The highest BCUT2D eigenvalue weighted by Crippen LogP contribution is 2.23. The Morgan fingerprint density at radius 3 is 2.76 bits per heavy atom. The summed E-state index contributed by atoms with van der Waals surface area (Å²) in [6.45, 7) is 6.63. The van der Waals surface area contributed by atoms with Crippen molar-refractivity contribution < 1.29 is 4.74 Å². The molecule has 0 saturated heterocycles. The molecule has 4 heteroatoms. The van der Waals surface area contributed by atoms with Gasteiger partial charge in [0.05, 0.1) is 17.7 Å². The van der Waals surface area contributed by atoms with Crippen molar-refractivity contribution in [2.45, 2.75) is 26.3 Å². The smallest absolute Gasteiger partial charge is 0.0661 e. The van der Waals surface area contributed by atoms with Gasteiger partial charge in [-0.2, -0.15) is 0 Å². The second-order valence-electron chi connectivity index (χ2n) is 3.86. The summed E-state index contributed by atoms with van der Waals surface area (Å²) in [5.41, 5.74) is 1.19. The fraction of sp³-hybridized carbons (Fsp3) is 0.538. The number of hydrogen-bond acceptors (Lipinski definition) is 2. The zero-order valence-corrected chi connectivity index (χ0v) is 13.2. The molecule has 1 N–H and O–H groups in total. The van der Waals surface area contributed by atoms with Gasteiger partial charge >= 0.3 is 0 Å². The maximum Gasteiger partial charge on any atom is 0.0661 e. The molecule has 0 amide bonds. The summed E-state index contributed by atoms with van der Waals surface area (Å²) in [6, 6.07) is 6.39. The monoisotopic (exact) mass is 367 g/mol. The number of rotatable bonds is 7. The van der Waals surface area contributed by atoms with E-state index in [1.54, 1.807) is 0 Å². The molecule has 1 unspecified atom stereocenters. The van der Waals surface area contributed by atoms with Gasteiger partial charge in [-0.05, 0) is 53.3 Å². The standard InChI is InChI=1S/C13H19ClINO/c1-3-7-17-9-13(16-4-2)10-5-6-12(15)11(14)8-10/h5-6,8,13,16H,3-4,7,9H2,1-2H3. The fourth-order valence-electron chi connectivity index (χ4n) is 1.59. The average Bonchev–Trinajstić information content (AvgIpc) is 2.32. The summed E-state index contributed by atoms with van der Waals surface area (Å²) in [6.07, 6.45) is 1.05. The maximum absolute atomic E-state index is 6.14. The van der Waals surface area contributed by atoms with E-state index in [0.29, 0.717) is 6.61 Å². The van der Waals surface area contributed by atoms with E-state index in [0.717, 1.165) is 28.2 Å². The van der Waals surface area contributed by atoms with Gasteiger partial charge in [0.15, 0.2) is 0 Å². The van der Waals surface area contributed by atoms with E-state index in [4.69, 9.17) is 16.3 Å². The van der Waals surface area contributed by atoms with Gasteiger partial charge in [-0.25, -0.2) is 0 Å². The molecule has 1 atom stereocenters. The van der Waals surface area contributed by atoms with E-state index in [9.17, 15) is 0 Å². The van der Waals surface area contributed by atoms with Crippen molar-refractivity contribution in [2.75, 3.05) is 19.8 Å². The molecule has 0 aromatic heterocycles. The molecule has 1 aromatic rings. The van der Waals surface area contributed by atoms with Crippen molar-refractivity contribution in [1.29, 1.82) is 0 Å². The minimum absolute atomic E-state index is 0.223. The summed E-state index contributed by atoms with van der Waals surface area (Å²) in [7, 11) is 0. The Balaban J connectivity index is 2.70. The third-order valence-corrected chi connectivity index (χ3v) is 4.00. The van der Waals surface area contributed by atoms with E-state index in [2.05, 4.69) is 47.8 Å². The van der Waals surface area contributed by atoms with Crippen molar-refractivity contribution in [3.63, 3.8) is 0 Å². The minimum Gasteiger partial charge on any atom is -0.379 e. The Morgan fingerprint density at radius 2 is 2.18 bits per heavy atom. The highest BCUT2D eigenvalue weighted by atomic mass is 127. The molecule has 0 fully saturated rings. The van der Waals surface area contributed by atoms with Gasteiger partial charge in [0.25, 0.3) is 0 Å². The molecule has 2 nitrogen and oxygen atoms in total. The number of ether oxygens (including phenoxy) is 1. The second-order valence-corrected chi connectivity index (χ2v) is 5.43. The third-order valence-electron chi connectivity index (χ3n) is 2.43. The topological polar surface area (TPSA) is 21.3 Å². The molecular formula is C13H19ClINO. The first-order valence-electron chi connectivity index (χ1n) is 5.95. The van der Waals surface area contributed by atoms with Gasteiger partial charge in [-0.3, -0.25) is 0 Å². The molecule has 0 bridgehead atoms. The molecule has 0 heterocycles. The number of benzene rings is 1. The lowest BCUT2D eigenvalue weighted by Crippen LogP contribution is -2.25. The van der Waals surface area contributed by atoms with Crippen LogP contribution in [0.4, 0.5) is 0 Å². The van der Waals surface area contributed by atoms with Crippen LogP contribution in [0.1, 0.15) is 31.9 Å². The van der Waals surface area contributed by atoms with Gasteiger partial charge in [-0.1, -0.05) is 31.5 Å². The van der Waals surface area contributed by atoms with Gasteiger partial charge in [0.1, 0.15) is 0 Å². The van der Waals surface area contributed by atoms with Crippen LogP contribution in [0.2, 0.25) is 5.02 Å². The van der Waals surface area contributed by atoms with Gasteiger partial charge in [0, 0.05) is 10.2 Å². The van der Waals surface area contributed by atoms with E-state index in [-0.39, 0.29) is 6.04 Å². The lowest BCUT2D eigenvalue weighted by Gasteiger charge is -2.19. The van der Waals surface area contributed by atoms with Gasteiger partial charge in [0.2, 0.25) is 0 Å². The highest BCUT2D eigenvalue weighted by molar-refractivity contribution is 14.1. The van der Waals surface area contributed by atoms with Crippen molar-refractivity contribution in [3.05, 3.63) is 32.4 Å². The molecule has 1 aromatic carbocycles. The maximum atomic E-state index is 6.14. The molecular weight excluding hydrogens is 349 g/mol. The molecule has 96 valence electrons. The van der Waals surface area contributed by atoms with Gasteiger partial charge < -0.3 is 10.1 Å². The van der Waals surface area contributed by atoms with Crippen molar-refractivity contribution in [2.24, 2.45) is 0 Å². The number of likely N-dealkylation sites (N-methyl/N-ethyl adjacent to an activating group) is 1. The van der Waals surface area contributed by atoms with Crippen LogP contribution in [-0.2, 0) is 4.74 Å². The summed E-state index contributed by atoms with van der Waals surface area (Å²) < 4.78 is 6.70. The van der Waals surface area contributed by atoms with Crippen LogP contribution in [-0.4, -0.2) is 19.8 Å². The highest BCUT2D eigenvalue weighted by Gasteiger charge is 2.11. The minimum atomic E-state index is 0.223. The number of halogens is 2. The fourth-order valence-corrected chi connectivity index (χ4v) is 2.12. The molecule has 0 aliphatic carbocycles. The zero-order valence-electron chi connectivity index (χ0n) is 10.3. The van der Waals surface area contributed by atoms with Gasteiger partial charge in [-0.15, -0.1) is 0 Å². The van der Waals surface area contributed by atoms with Crippen LogP contribution >= 0.6 is 34.2 Å². The summed E-state index contributed by atoms with van der Waals surface area (Å²) >= 11 is 8.38. The molecule has 0 radical (unpaired) electrons. The van der Waals surface area contributed by atoms with Crippen LogP contribution < -0.4 is 5.32 Å². The predicted octanol–water partition coefficient (Wildman–Crippen LogP) is 4.02. The lowest BCUT2D eigenvalue weighted by atomic mass is 10.1. The predicted molar refractivity (Wildman–Crippen MR) is 81.7 cm³/mol. The molecule has 0 aliphatic rings. The van der Waals surface area contributed by atoms with E-state index < -0.39 is 0 Å². The van der Waals surface area contributed by atoms with Crippen LogP contribution in [0.3, 0.4) is 0 Å². The third kappa shape index (κ3) is 5.12. The summed E-state index contributed by atoms with van der Waals surface area (Å²) in [5.74, 6) is 0. The Kier molecular flexibility index (Phi) is 7.43. The quantitative estimate of drug-likeness (QED) is 0.580. The Hall–Kier alpha value is 0.160. The average molecular weight is 368 g/mol. The van der Waals surface area contributed by atoms with Crippen LogP contribution in [0.25, 0.3) is 0 Å². The Labute approximate surface area is 122 Å². The number of hydrogen-bond donors (Lipinski definition) is 1. The molecule has 17 heavy (non-hydrogen) atoms. The van der Waals surface area contributed by atoms with Crippen molar-refractivity contribution in [1.82, 2.24) is 5.32 Å². The van der Waals surface area contributed by atoms with Crippen LogP contribution in [0.15, 0.2) is 18.2 Å². The van der Waals surface area contributed by atoms with E-state index in [1.807, 2.05) is 12.1 Å². The summed E-state index contributed by atoms with van der Waals surface area (Å²) in [5, 5.41) is 4.23. The van der Waals surface area contributed by atoms with E-state index in [1.165, 1.54) is 5.56 Å². The van der Waals surface area contributed by atoms with Crippen molar-refractivity contribution in [3.8, 4) is 0 Å². The lowest BCUT2D eigenvalue weighted by molar-refractivity contribution is 0.112. The molecule has 0 aliphatic heterocycles. The summed E-state index contributed by atoms with van der Waals surface area (Å²) in [4.78, 5) is 0. The molecule has 1 rings (SSSR count). The van der Waals surface area contributed by atoms with Crippen LogP contribution in [0.5, 0.6) is 0 Å². The second kappa shape index (κ2) is 8.29. The first kappa shape index (κ1) is 15.2. The van der Waals surface area contributed by atoms with Crippen LogP contribution in [0, 0.1) is 3.57 Å². The first-order chi connectivity index (χ1) is 8.19. The van der Waals surface area contributed by atoms with E-state index >= 15 is 0 Å². The SMILES string of the molecule is CCCOCC(NCC)c1ccc(I)c(Cl)c1. The molecule has 0 saturated carbocycles. The zero-order chi connectivity index (χ0) is 12.7. The Bertz CT molecular complexity index is 346. The largest absolute Gasteiger partial charge is 0.379 e.